The van der Waals surface area contributed by atoms with Crippen molar-refractivity contribution in [2.75, 3.05) is 11.8 Å². The van der Waals surface area contributed by atoms with E-state index in [9.17, 15) is 17.2 Å². The molecule has 0 bridgehead atoms. The van der Waals surface area contributed by atoms with E-state index in [0.29, 0.717) is 11.3 Å². The van der Waals surface area contributed by atoms with Crippen LogP contribution < -0.4 is 9.46 Å². The molecule has 0 radical (unpaired) electrons. The Kier molecular flexibility index (Phi) is 4.88. The number of alkyl halides is 2. The van der Waals surface area contributed by atoms with E-state index in [1.807, 2.05) is 0 Å². The number of methoxy groups -OCH3 is 1. The predicted octanol–water partition coefficient (Wildman–Crippen LogP) is 3.08. The molecule has 12 heteroatoms. The zero-order chi connectivity index (χ0) is 22.4. The smallest absolute Gasteiger partial charge is 0.270 e. The SMILES string of the molecule is COc1ccc2cnn(C)c2c1NS(=O)(=O)c1cnn(-c2cc(C(C)(F)F)ccn2)c1. The van der Waals surface area contributed by atoms with Gasteiger partial charge in [0.15, 0.2) is 5.82 Å². The molecule has 31 heavy (non-hydrogen) atoms. The van der Waals surface area contributed by atoms with Gasteiger partial charge in [-0.25, -0.2) is 26.9 Å². The van der Waals surface area contributed by atoms with Crippen molar-refractivity contribution in [2.24, 2.45) is 7.05 Å². The highest BCUT2D eigenvalue weighted by Crippen LogP contribution is 2.34. The lowest BCUT2D eigenvalue weighted by Crippen LogP contribution is -2.14. The first-order valence-corrected chi connectivity index (χ1v) is 10.5. The lowest BCUT2D eigenvalue weighted by atomic mass is 10.1. The minimum atomic E-state index is -4.09. The van der Waals surface area contributed by atoms with Crippen LogP contribution in [0.5, 0.6) is 5.75 Å². The number of fused-ring (bicyclic) bond motifs is 1. The van der Waals surface area contributed by atoms with Gasteiger partial charge in [0, 0.05) is 31.1 Å². The van der Waals surface area contributed by atoms with Crippen molar-refractivity contribution >= 4 is 26.6 Å². The van der Waals surface area contributed by atoms with Gasteiger partial charge in [0.25, 0.3) is 15.9 Å². The van der Waals surface area contributed by atoms with E-state index >= 15 is 0 Å². The van der Waals surface area contributed by atoms with Gasteiger partial charge in [0.2, 0.25) is 0 Å². The van der Waals surface area contributed by atoms with Gasteiger partial charge >= 0.3 is 0 Å². The maximum Gasteiger partial charge on any atom is 0.270 e. The van der Waals surface area contributed by atoms with Crippen LogP contribution in [0.25, 0.3) is 16.7 Å². The van der Waals surface area contributed by atoms with Crippen molar-refractivity contribution < 1.29 is 21.9 Å². The summed E-state index contributed by atoms with van der Waals surface area (Å²) in [7, 11) is -0.982. The third-order valence-electron chi connectivity index (χ3n) is 4.68. The summed E-state index contributed by atoms with van der Waals surface area (Å²) in [6.07, 6.45) is 5.12. The third kappa shape index (κ3) is 3.81. The Morgan fingerprint density at radius 3 is 2.65 bits per heavy atom. The zero-order valence-corrected chi connectivity index (χ0v) is 17.6. The number of sulfonamides is 1. The van der Waals surface area contributed by atoms with Crippen molar-refractivity contribution in [1.82, 2.24) is 24.5 Å². The quantitative estimate of drug-likeness (QED) is 0.486. The highest BCUT2D eigenvalue weighted by Gasteiger charge is 2.26. The number of anilines is 1. The number of nitrogens with zero attached hydrogens (tertiary/aromatic N) is 5. The Balaban J connectivity index is 1.72. The van der Waals surface area contributed by atoms with E-state index in [-0.39, 0.29) is 22.0 Å². The predicted molar refractivity (Wildman–Crippen MR) is 109 cm³/mol. The fourth-order valence-corrected chi connectivity index (χ4v) is 4.11. The highest BCUT2D eigenvalue weighted by atomic mass is 32.2. The van der Waals surface area contributed by atoms with Crippen molar-refractivity contribution in [3.8, 4) is 11.6 Å². The molecule has 3 aromatic heterocycles. The topological polar surface area (TPSA) is 104 Å². The maximum absolute atomic E-state index is 13.6. The second kappa shape index (κ2) is 7.30. The van der Waals surface area contributed by atoms with Gasteiger partial charge < -0.3 is 4.74 Å². The third-order valence-corrected chi connectivity index (χ3v) is 5.98. The number of aryl methyl sites for hydroxylation is 1. The average Bonchev–Trinajstić information content (AvgIpc) is 3.36. The number of rotatable bonds is 6. The lowest BCUT2D eigenvalue weighted by Gasteiger charge is -2.13. The van der Waals surface area contributed by atoms with Crippen LogP contribution in [0, 0.1) is 0 Å². The van der Waals surface area contributed by atoms with E-state index in [2.05, 4.69) is 19.9 Å². The van der Waals surface area contributed by atoms with Gasteiger partial charge in [0.05, 0.1) is 31.2 Å². The normalized spacial score (nSPS) is 12.3. The summed E-state index contributed by atoms with van der Waals surface area (Å²) in [6, 6.07) is 5.73. The molecule has 0 fully saturated rings. The Labute approximate surface area is 176 Å². The molecule has 0 saturated heterocycles. The summed E-state index contributed by atoms with van der Waals surface area (Å²) in [6.45, 7) is 0.765. The molecule has 0 saturated carbocycles. The van der Waals surface area contributed by atoms with Gasteiger partial charge in [-0.2, -0.15) is 10.2 Å². The van der Waals surface area contributed by atoms with Gasteiger partial charge in [-0.3, -0.25) is 9.40 Å². The van der Waals surface area contributed by atoms with Crippen LogP contribution in [-0.4, -0.2) is 40.1 Å². The van der Waals surface area contributed by atoms with Gasteiger partial charge in [0.1, 0.15) is 16.3 Å². The molecule has 4 aromatic rings. The molecular formula is C19H18F2N6O3S. The Morgan fingerprint density at radius 1 is 1.16 bits per heavy atom. The van der Waals surface area contributed by atoms with Crippen LogP contribution in [0.15, 0.2) is 53.9 Å². The van der Waals surface area contributed by atoms with E-state index in [4.69, 9.17) is 4.74 Å². The summed E-state index contributed by atoms with van der Waals surface area (Å²) in [5, 5.41) is 8.84. The van der Waals surface area contributed by atoms with Crippen LogP contribution in [0.1, 0.15) is 12.5 Å². The van der Waals surface area contributed by atoms with Gasteiger partial charge in [-0.1, -0.05) is 0 Å². The van der Waals surface area contributed by atoms with E-state index in [1.54, 1.807) is 25.4 Å². The Bertz CT molecular complexity index is 1380. The average molecular weight is 448 g/mol. The maximum atomic E-state index is 13.6. The number of nitrogens with one attached hydrogen (secondary N) is 1. The molecular weight excluding hydrogens is 430 g/mol. The second-order valence-electron chi connectivity index (χ2n) is 6.87. The van der Waals surface area contributed by atoms with Crippen molar-refractivity contribution in [3.63, 3.8) is 0 Å². The molecule has 0 aliphatic rings. The molecule has 4 rings (SSSR count). The number of pyridine rings is 1. The van der Waals surface area contributed by atoms with Gasteiger partial charge in [-0.15, -0.1) is 0 Å². The van der Waals surface area contributed by atoms with E-state index < -0.39 is 15.9 Å². The molecule has 0 unspecified atom stereocenters. The summed E-state index contributed by atoms with van der Waals surface area (Å²) >= 11 is 0. The number of benzene rings is 1. The largest absolute Gasteiger partial charge is 0.494 e. The van der Waals surface area contributed by atoms with Crippen molar-refractivity contribution in [3.05, 3.63) is 54.6 Å². The van der Waals surface area contributed by atoms with Crippen LogP contribution in [0.2, 0.25) is 0 Å². The number of halogens is 2. The Morgan fingerprint density at radius 2 is 1.94 bits per heavy atom. The number of aromatic nitrogens is 5. The molecule has 0 spiro atoms. The molecule has 0 amide bonds. The first kappa shape index (κ1) is 20.7. The molecule has 1 aromatic carbocycles. The first-order chi connectivity index (χ1) is 14.6. The minimum Gasteiger partial charge on any atom is -0.494 e. The summed E-state index contributed by atoms with van der Waals surface area (Å²) < 4.78 is 63.7. The lowest BCUT2D eigenvalue weighted by molar-refractivity contribution is 0.0173. The number of hydrogen-bond acceptors (Lipinski definition) is 6. The highest BCUT2D eigenvalue weighted by molar-refractivity contribution is 7.92. The number of hydrogen-bond donors (Lipinski definition) is 1. The van der Waals surface area contributed by atoms with Crippen molar-refractivity contribution in [1.29, 1.82) is 0 Å². The minimum absolute atomic E-state index is 0.0618. The summed E-state index contributed by atoms with van der Waals surface area (Å²) in [5.41, 5.74) is 0.497. The summed E-state index contributed by atoms with van der Waals surface area (Å²) in [5.74, 6) is -2.70. The van der Waals surface area contributed by atoms with Crippen LogP contribution >= 0.6 is 0 Å². The molecule has 0 aliphatic carbocycles. The van der Waals surface area contributed by atoms with Gasteiger partial charge in [-0.05, 0) is 24.3 Å². The zero-order valence-electron chi connectivity index (χ0n) is 16.7. The fourth-order valence-electron chi connectivity index (χ4n) is 3.10. The second-order valence-corrected chi connectivity index (χ2v) is 8.55. The standard InChI is InChI=1S/C19H18F2N6O3S/c1-19(20,21)13-6-7-22-16(8-13)27-11-14(10-24-27)31(28,29)25-17-15(30-3)5-4-12-9-23-26(2)18(12)17/h4-11,25H,1-3H3. The summed E-state index contributed by atoms with van der Waals surface area (Å²) in [4.78, 5) is 3.82. The van der Waals surface area contributed by atoms with Crippen LogP contribution in [0.4, 0.5) is 14.5 Å². The molecule has 9 nitrogen and oxygen atoms in total. The number of ether oxygens (including phenoxy) is 1. The Hall–Kier alpha value is -3.54. The van der Waals surface area contributed by atoms with Crippen molar-refractivity contribution in [2.45, 2.75) is 17.7 Å². The first-order valence-electron chi connectivity index (χ1n) is 9.01. The van der Waals surface area contributed by atoms with Crippen LogP contribution in [0.3, 0.4) is 0 Å². The molecule has 1 N–H and O–H groups in total. The van der Waals surface area contributed by atoms with E-state index in [0.717, 1.165) is 29.3 Å². The molecule has 0 aliphatic heterocycles. The van der Waals surface area contributed by atoms with Crippen LogP contribution in [-0.2, 0) is 23.0 Å². The molecule has 3 heterocycles. The van der Waals surface area contributed by atoms with E-state index in [1.165, 1.54) is 30.3 Å². The fraction of sp³-hybridized carbons (Fsp3) is 0.211. The molecule has 162 valence electrons. The molecule has 0 atom stereocenters. The monoisotopic (exact) mass is 448 g/mol.